The summed E-state index contributed by atoms with van der Waals surface area (Å²) in [5.74, 6) is 2.32. The highest BCUT2D eigenvalue weighted by Crippen LogP contribution is 2.42. The fourth-order valence-corrected chi connectivity index (χ4v) is 4.30. The molecule has 1 aliphatic carbocycles. The van der Waals surface area contributed by atoms with Gasteiger partial charge < -0.3 is 14.8 Å². The van der Waals surface area contributed by atoms with Gasteiger partial charge in [-0.2, -0.15) is 0 Å². The maximum Gasteiger partial charge on any atom is 0.222 e. The second kappa shape index (κ2) is 7.23. The summed E-state index contributed by atoms with van der Waals surface area (Å²) in [5, 5.41) is 3.84. The van der Waals surface area contributed by atoms with E-state index in [1.54, 1.807) is 0 Å². The molecule has 2 aliphatic rings. The van der Waals surface area contributed by atoms with E-state index in [1.165, 1.54) is 18.4 Å². The maximum atomic E-state index is 12.3. The average Bonchev–Trinajstić information content (AvgIpc) is 3.41. The van der Waals surface area contributed by atoms with E-state index in [0.29, 0.717) is 18.4 Å². The lowest BCUT2D eigenvalue weighted by Gasteiger charge is -2.39. The molecule has 2 heterocycles. The predicted octanol–water partition coefficient (Wildman–Crippen LogP) is 3.07. The van der Waals surface area contributed by atoms with Crippen LogP contribution in [0.15, 0.2) is 42.7 Å². The fourth-order valence-electron chi connectivity index (χ4n) is 4.30. The Hall–Kier alpha value is -2.14. The summed E-state index contributed by atoms with van der Waals surface area (Å²) in [6.07, 6.45) is 7.94. The number of hydrogen-bond acceptors (Lipinski definition) is 3. The number of nitrogens with zero attached hydrogens (tertiary/aromatic N) is 3. The molecule has 0 spiro atoms. The van der Waals surface area contributed by atoms with Crippen molar-refractivity contribution < 1.29 is 4.79 Å². The molecule has 0 bridgehead atoms. The van der Waals surface area contributed by atoms with Gasteiger partial charge in [-0.05, 0) is 36.7 Å². The van der Waals surface area contributed by atoms with Crippen LogP contribution in [-0.2, 0) is 11.8 Å². The average molecular weight is 352 g/mol. The van der Waals surface area contributed by atoms with E-state index in [-0.39, 0.29) is 11.9 Å². The third-order valence-corrected chi connectivity index (χ3v) is 5.96. The zero-order valence-corrected chi connectivity index (χ0v) is 15.6. The molecule has 1 amide bonds. The normalized spacial score (nSPS) is 24.7. The molecular weight excluding hydrogens is 324 g/mol. The number of carbonyl (C=O) groups is 1. The fraction of sp³-hybridized carbons (Fsp3) is 0.524. The Morgan fingerprint density at radius 3 is 2.62 bits per heavy atom. The van der Waals surface area contributed by atoms with Crippen LogP contribution in [0, 0.1) is 11.8 Å². The molecule has 1 aromatic heterocycles. The van der Waals surface area contributed by atoms with Gasteiger partial charge in [0.15, 0.2) is 0 Å². The first-order valence-electron chi connectivity index (χ1n) is 9.66. The van der Waals surface area contributed by atoms with Crippen molar-refractivity contribution in [2.75, 3.05) is 13.6 Å². The van der Waals surface area contributed by atoms with Gasteiger partial charge in [0.2, 0.25) is 5.91 Å². The van der Waals surface area contributed by atoms with E-state index in [9.17, 15) is 4.79 Å². The molecule has 26 heavy (non-hydrogen) atoms. The van der Waals surface area contributed by atoms with Crippen LogP contribution in [0.5, 0.6) is 0 Å². The van der Waals surface area contributed by atoms with Crippen molar-refractivity contribution in [1.29, 1.82) is 0 Å². The molecule has 1 saturated heterocycles. The van der Waals surface area contributed by atoms with Gasteiger partial charge in [0.05, 0.1) is 6.04 Å². The van der Waals surface area contributed by atoms with E-state index in [2.05, 4.69) is 40.6 Å². The molecule has 1 aliphatic heterocycles. The van der Waals surface area contributed by atoms with Crippen molar-refractivity contribution in [2.45, 2.75) is 37.8 Å². The smallest absolute Gasteiger partial charge is 0.222 e. The third-order valence-electron chi connectivity index (χ3n) is 5.96. The third kappa shape index (κ3) is 3.40. The number of aromatic nitrogens is 2. The van der Waals surface area contributed by atoms with Gasteiger partial charge in [-0.15, -0.1) is 0 Å². The number of piperidine rings is 1. The number of amides is 1. The van der Waals surface area contributed by atoms with E-state index in [1.807, 2.05) is 36.0 Å². The van der Waals surface area contributed by atoms with Gasteiger partial charge in [0.1, 0.15) is 5.82 Å². The summed E-state index contributed by atoms with van der Waals surface area (Å²) in [5.41, 5.74) is 1.38. The number of imidazole rings is 1. The monoisotopic (exact) mass is 352 g/mol. The van der Waals surface area contributed by atoms with Gasteiger partial charge in [-0.1, -0.05) is 30.3 Å². The van der Waals surface area contributed by atoms with Gasteiger partial charge >= 0.3 is 0 Å². The Balaban J connectivity index is 1.52. The number of nitrogens with one attached hydrogen (secondary N) is 1. The van der Waals surface area contributed by atoms with Crippen molar-refractivity contribution >= 4 is 5.91 Å². The number of aryl methyl sites for hydroxylation is 1. The van der Waals surface area contributed by atoms with E-state index in [4.69, 9.17) is 0 Å². The molecule has 5 nitrogen and oxygen atoms in total. The van der Waals surface area contributed by atoms with Crippen LogP contribution >= 0.6 is 0 Å². The van der Waals surface area contributed by atoms with Crippen LogP contribution in [0.3, 0.4) is 0 Å². The molecular formula is C21H28N4O. The minimum Gasteiger partial charge on any atom is -0.336 e. The Labute approximate surface area is 155 Å². The topological polar surface area (TPSA) is 50.2 Å². The second-order valence-corrected chi connectivity index (χ2v) is 7.78. The van der Waals surface area contributed by atoms with Crippen LogP contribution in [0.2, 0.25) is 0 Å². The Morgan fingerprint density at radius 1 is 1.19 bits per heavy atom. The molecule has 2 fully saturated rings. The number of rotatable bonds is 6. The van der Waals surface area contributed by atoms with Crippen LogP contribution < -0.4 is 5.32 Å². The second-order valence-electron chi connectivity index (χ2n) is 7.78. The van der Waals surface area contributed by atoms with Crippen molar-refractivity contribution in [3.63, 3.8) is 0 Å². The molecule has 2 aromatic rings. The Morgan fingerprint density at radius 2 is 1.96 bits per heavy atom. The maximum absolute atomic E-state index is 12.3. The predicted molar refractivity (Wildman–Crippen MR) is 101 cm³/mol. The highest BCUT2D eigenvalue weighted by molar-refractivity contribution is 5.77. The number of hydrogen-bond donors (Lipinski definition) is 1. The molecule has 1 aromatic carbocycles. The standard InChI is InChI=1S/C21H28N4O/c1-24-13-12-22-21(24)20-17(10-11-18(26)25(20)2)14-23-19(16-8-9-16)15-6-4-3-5-7-15/h3-7,12-13,16-17,19-20,23H,8-11,14H2,1-2H3/t17-,19?,20+/m1/s1. The Bertz CT molecular complexity index is 752. The van der Waals surface area contributed by atoms with Crippen molar-refractivity contribution in [3.05, 3.63) is 54.1 Å². The molecule has 1 N–H and O–H groups in total. The molecule has 0 radical (unpaired) electrons. The summed E-state index contributed by atoms with van der Waals surface area (Å²) < 4.78 is 2.04. The molecule has 1 saturated carbocycles. The SMILES string of the molecule is CN1C(=O)CC[C@H](CNC(c2ccccc2)C2CC2)[C@H]1c1nccn1C. The van der Waals surface area contributed by atoms with Crippen LogP contribution in [0.4, 0.5) is 0 Å². The Kier molecular flexibility index (Phi) is 4.81. The first kappa shape index (κ1) is 17.3. The molecule has 3 atom stereocenters. The summed E-state index contributed by atoms with van der Waals surface area (Å²) >= 11 is 0. The molecule has 4 rings (SSSR count). The van der Waals surface area contributed by atoms with E-state index in [0.717, 1.165) is 24.7 Å². The summed E-state index contributed by atoms with van der Waals surface area (Å²) in [6.45, 7) is 0.908. The zero-order valence-electron chi connectivity index (χ0n) is 15.6. The van der Waals surface area contributed by atoms with Crippen molar-refractivity contribution in [3.8, 4) is 0 Å². The first-order valence-corrected chi connectivity index (χ1v) is 9.66. The van der Waals surface area contributed by atoms with Crippen molar-refractivity contribution in [1.82, 2.24) is 19.8 Å². The molecule has 5 heteroatoms. The summed E-state index contributed by atoms with van der Waals surface area (Å²) in [4.78, 5) is 18.7. The zero-order chi connectivity index (χ0) is 18.1. The highest BCUT2D eigenvalue weighted by Gasteiger charge is 2.38. The van der Waals surface area contributed by atoms with Gasteiger partial charge in [0.25, 0.3) is 0 Å². The number of benzene rings is 1. The minimum absolute atomic E-state index is 0.0411. The quantitative estimate of drug-likeness (QED) is 0.869. The van der Waals surface area contributed by atoms with Crippen LogP contribution in [-0.4, -0.2) is 34.0 Å². The van der Waals surface area contributed by atoms with E-state index < -0.39 is 0 Å². The van der Waals surface area contributed by atoms with Crippen LogP contribution in [0.25, 0.3) is 0 Å². The van der Waals surface area contributed by atoms with Gasteiger partial charge in [-0.25, -0.2) is 4.98 Å². The summed E-state index contributed by atoms with van der Waals surface area (Å²) in [6, 6.07) is 11.2. The number of likely N-dealkylation sites (tertiary alicyclic amines) is 1. The van der Waals surface area contributed by atoms with E-state index >= 15 is 0 Å². The lowest BCUT2D eigenvalue weighted by Crippen LogP contribution is -2.45. The van der Waals surface area contributed by atoms with Crippen molar-refractivity contribution in [2.24, 2.45) is 18.9 Å². The highest BCUT2D eigenvalue weighted by atomic mass is 16.2. The lowest BCUT2D eigenvalue weighted by molar-refractivity contribution is -0.137. The van der Waals surface area contributed by atoms with Gasteiger partial charge in [0, 0.05) is 45.5 Å². The lowest BCUT2D eigenvalue weighted by atomic mass is 9.87. The molecule has 138 valence electrons. The van der Waals surface area contributed by atoms with Gasteiger partial charge in [-0.3, -0.25) is 4.79 Å². The molecule has 1 unspecified atom stereocenters. The largest absolute Gasteiger partial charge is 0.336 e. The van der Waals surface area contributed by atoms with Crippen LogP contribution in [0.1, 0.15) is 49.2 Å². The number of carbonyl (C=O) groups excluding carboxylic acids is 1. The summed E-state index contributed by atoms with van der Waals surface area (Å²) in [7, 11) is 3.93. The minimum atomic E-state index is 0.0411. The first-order chi connectivity index (χ1) is 12.6.